The van der Waals surface area contributed by atoms with Gasteiger partial charge in [-0.2, -0.15) is 14.6 Å². The summed E-state index contributed by atoms with van der Waals surface area (Å²) >= 11 is 0. The highest BCUT2D eigenvalue weighted by molar-refractivity contribution is 5.86. The zero-order valence-corrected chi connectivity index (χ0v) is 11.9. The van der Waals surface area contributed by atoms with Gasteiger partial charge < -0.3 is 0 Å². The van der Waals surface area contributed by atoms with Gasteiger partial charge in [0.1, 0.15) is 6.33 Å². The highest BCUT2D eigenvalue weighted by Crippen LogP contribution is 2.11. The molecule has 3 rings (SSSR count). The van der Waals surface area contributed by atoms with E-state index >= 15 is 0 Å². The summed E-state index contributed by atoms with van der Waals surface area (Å²) in [6.45, 7) is 5.26. The summed E-state index contributed by atoms with van der Waals surface area (Å²) in [4.78, 5) is 32.4. The standard InChI is InChI=1S/C13H14N6O2/c1-7(2)11(20)17-18-8(3)4-10-9(12(18)21)5-14-13-15-6-16-19(10)13/h4-7H,1-3H3,(H,17,20). The first-order chi connectivity index (χ1) is 9.99. The SMILES string of the molecule is Cc1cc2c(cnc3ncnn32)c(=O)n1NC(=O)C(C)C. The fourth-order valence-electron chi connectivity index (χ4n) is 2.02. The fourth-order valence-corrected chi connectivity index (χ4v) is 2.02. The third-order valence-electron chi connectivity index (χ3n) is 3.22. The van der Waals surface area contributed by atoms with Crippen molar-refractivity contribution in [3.8, 4) is 0 Å². The minimum Gasteiger partial charge on any atom is -0.273 e. The topological polar surface area (TPSA) is 94.2 Å². The summed E-state index contributed by atoms with van der Waals surface area (Å²) < 4.78 is 2.73. The first-order valence-corrected chi connectivity index (χ1v) is 6.51. The summed E-state index contributed by atoms with van der Waals surface area (Å²) in [6.07, 6.45) is 2.82. The highest BCUT2D eigenvalue weighted by atomic mass is 16.2. The minimum absolute atomic E-state index is 0.220. The van der Waals surface area contributed by atoms with Crippen LogP contribution in [-0.4, -0.2) is 30.2 Å². The lowest BCUT2D eigenvalue weighted by molar-refractivity contribution is -0.119. The first-order valence-electron chi connectivity index (χ1n) is 6.51. The van der Waals surface area contributed by atoms with Crippen LogP contribution in [0.4, 0.5) is 0 Å². The molecule has 0 fully saturated rings. The summed E-state index contributed by atoms with van der Waals surface area (Å²) in [5.41, 5.74) is 3.47. The van der Waals surface area contributed by atoms with E-state index in [1.807, 2.05) is 0 Å². The van der Waals surface area contributed by atoms with Crippen molar-refractivity contribution in [2.75, 3.05) is 5.43 Å². The van der Waals surface area contributed by atoms with E-state index in [1.165, 1.54) is 21.7 Å². The quantitative estimate of drug-likeness (QED) is 0.739. The molecule has 0 aliphatic heterocycles. The molecular weight excluding hydrogens is 272 g/mol. The van der Waals surface area contributed by atoms with Gasteiger partial charge in [0, 0.05) is 17.8 Å². The van der Waals surface area contributed by atoms with Gasteiger partial charge >= 0.3 is 0 Å². The van der Waals surface area contributed by atoms with Gasteiger partial charge in [-0.3, -0.25) is 15.0 Å². The van der Waals surface area contributed by atoms with Crippen LogP contribution in [0.3, 0.4) is 0 Å². The van der Waals surface area contributed by atoms with Gasteiger partial charge in [0.25, 0.3) is 11.3 Å². The summed E-state index contributed by atoms with van der Waals surface area (Å²) in [5.74, 6) is -0.0254. The maximum atomic E-state index is 12.5. The van der Waals surface area contributed by atoms with E-state index < -0.39 is 0 Å². The molecule has 108 valence electrons. The smallest absolute Gasteiger partial charge is 0.273 e. The number of hydrogen-bond acceptors (Lipinski definition) is 5. The predicted octanol–water partition coefficient (Wildman–Crippen LogP) is 0.474. The number of fused-ring (bicyclic) bond motifs is 3. The molecule has 0 aliphatic rings. The Morgan fingerprint density at radius 2 is 2.10 bits per heavy atom. The van der Waals surface area contributed by atoms with Crippen molar-refractivity contribution in [1.29, 1.82) is 0 Å². The maximum absolute atomic E-state index is 12.5. The molecule has 0 aromatic carbocycles. The van der Waals surface area contributed by atoms with Gasteiger partial charge in [0.05, 0.1) is 10.9 Å². The molecule has 0 radical (unpaired) electrons. The van der Waals surface area contributed by atoms with E-state index in [0.29, 0.717) is 22.4 Å². The van der Waals surface area contributed by atoms with Gasteiger partial charge in [-0.15, -0.1) is 0 Å². The van der Waals surface area contributed by atoms with Crippen LogP contribution in [0.15, 0.2) is 23.4 Å². The molecule has 1 N–H and O–H groups in total. The molecule has 0 saturated heterocycles. The molecular formula is C13H14N6O2. The molecule has 8 heteroatoms. The molecule has 1 amide bonds. The van der Waals surface area contributed by atoms with Crippen LogP contribution in [0, 0.1) is 12.8 Å². The van der Waals surface area contributed by atoms with E-state index in [9.17, 15) is 9.59 Å². The number of nitrogens with one attached hydrogen (secondary N) is 1. The van der Waals surface area contributed by atoms with Crippen LogP contribution in [0.1, 0.15) is 19.5 Å². The number of rotatable bonds is 2. The van der Waals surface area contributed by atoms with Crippen molar-refractivity contribution < 1.29 is 4.79 Å². The Kier molecular flexibility index (Phi) is 2.93. The van der Waals surface area contributed by atoms with Gasteiger partial charge in [0.15, 0.2) is 0 Å². The lowest BCUT2D eigenvalue weighted by Crippen LogP contribution is -2.36. The maximum Gasteiger partial charge on any atom is 0.280 e. The van der Waals surface area contributed by atoms with Gasteiger partial charge in [-0.25, -0.2) is 9.66 Å². The second kappa shape index (κ2) is 4.65. The number of pyridine rings is 1. The van der Waals surface area contributed by atoms with Crippen molar-refractivity contribution in [2.24, 2.45) is 5.92 Å². The third kappa shape index (κ3) is 2.04. The van der Waals surface area contributed by atoms with Crippen molar-refractivity contribution in [3.63, 3.8) is 0 Å². The Morgan fingerprint density at radius 3 is 2.81 bits per heavy atom. The Hall–Kier alpha value is -2.77. The summed E-state index contributed by atoms with van der Waals surface area (Å²) in [7, 11) is 0. The summed E-state index contributed by atoms with van der Waals surface area (Å²) in [6, 6.07) is 1.76. The zero-order chi connectivity index (χ0) is 15.1. The van der Waals surface area contributed by atoms with Gasteiger partial charge in [-0.1, -0.05) is 13.8 Å². The van der Waals surface area contributed by atoms with E-state index in [0.717, 1.165) is 0 Å². The van der Waals surface area contributed by atoms with Crippen LogP contribution in [-0.2, 0) is 4.79 Å². The Morgan fingerprint density at radius 1 is 1.33 bits per heavy atom. The average Bonchev–Trinajstić information content (AvgIpc) is 2.91. The largest absolute Gasteiger partial charge is 0.280 e. The average molecular weight is 286 g/mol. The van der Waals surface area contributed by atoms with Crippen molar-refractivity contribution in [3.05, 3.63) is 34.6 Å². The minimum atomic E-state index is -0.344. The number of nitrogens with zero attached hydrogens (tertiary/aromatic N) is 5. The molecule has 3 heterocycles. The van der Waals surface area contributed by atoms with Gasteiger partial charge in [0.2, 0.25) is 5.91 Å². The number of carbonyl (C=O) groups is 1. The predicted molar refractivity (Wildman–Crippen MR) is 76.5 cm³/mol. The molecule has 21 heavy (non-hydrogen) atoms. The molecule has 0 bridgehead atoms. The number of hydrogen-bond donors (Lipinski definition) is 1. The van der Waals surface area contributed by atoms with E-state index in [4.69, 9.17) is 0 Å². The fraction of sp³-hybridized carbons (Fsp3) is 0.308. The van der Waals surface area contributed by atoms with Crippen LogP contribution >= 0.6 is 0 Å². The number of aromatic nitrogens is 5. The van der Waals surface area contributed by atoms with Crippen LogP contribution in [0.25, 0.3) is 16.7 Å². The van der Waals surface area contributed by atoms with Crippen molar-refractivity contribution in [1.82, 2.24) is 24.3 Å². The number of carbonyl (C=O) groups excluding carboxylic acids is 1. The van der Waals surface area contributed by atoms with Gasteiger partial charge in [-0.05, 0) is 13.0 Å². The summed E-state index contributed by atoms with van der Waals surface area (Å²) in [5, 5.41) is 4.42. The normalized spacial score (nSPS) is 11.4. The van der Waals surface area contributed by atoms with Crippen LogP contribution < -0.4 is 11.0 Å². The molecule has 0 aliphatic carbocycles. The zero-order valence-electron chi connectivity index (χ0n) is 11.9. The van der Waals surface area contributed by atoms with E-state index in [2.05, 4.69) is 20.5 Å². The van der Waals surface area contributed by atoms with Crippen LogP contribution in [0.2, 0.25) is 0 Å². The molecule has 3 aromatic rings. The molecule has 0 atom stereocenters. The third-order valence-corrected chi connectivity index (χ3v) is 3.22. The Balaban J connectivity index is 2.26. The first kappa shape index (κ1) is 13.2. The number of aryl methyl sites for hydroxylation is 1. The van der Waals surface area contributed by atoms with E-state index in [-0.39, 0.29) is 17.4 Å². The second-order valence-corrected chi connectivity index (χ2v) is 5.09. The van der Waals surface area contributed by atoms with Crippen molar-refractivity contribution >= 4 is 22.6 Å². The molecule has 3 aromatic heterocycles. The Labute approximate surface area is 119 Å². The molecule has 8 nitrogen and oxygen atoms in total. The van der Waals surface area contributed by atoms with Crippen LogP contribution in [0.5, 0.6) is 0 Å². The number of amides is 1. The molecule has 0 saturated carbocycles. The lowest BCUT2D eigenvalue weighted by Gasteiger charge is -2.14. The van der Waals surface area contributed by atoms with E-state index in [1.54, 1.807) is 26.8 Å². The lowest BCUT2D eigenvalue weighted by atomic mass is 10.2. The Bertz CT molecular complexity index is 908. The highest BCUT2D eigenvalue weighted by Gasteiger charge is 2.14. The van der Waals surface area contributed by atoms with Crippen molar-refractivity contribution in [2.45, 2.75) is 20.8 Å². The monoisotopic (exact) mass is 286 g/mol. The molecule has 0 spiro atoms. The second-order valence-electron chi connectivity index (χ2n) is 5.09. The molecule has 0 unspecified atom stereocenters.